The van der Waals surface area contributed by atoms with Gasteiger partial charge < -0.3 is 29.9 Å². The molecule has 4 aromatic carbocycles. The second-order valence-electron chi connectivity index (χ2n) is 16.5. The van der Waals surface area contributed by atoms with Crippen LogP contribution in [0.25, 0.3) is 11.1 Å². The van der Waals surface area contributed by atoms with Crippen LogP contribution in [-0.4, -0.2) is 57.7 Å². The number of halogens is 1. The first-order chi connectivity index (χ1) is 26.2. The van der Waals surface area contributed by atoms with Crippen LogP contribution in [0.3, 0.4) is 0 Å². The van der Waals surface area contributed by atoms with Crippen molar-refractivity contribution in [2.75, 3.05) is 26.2 Å². The first kappa shape index (κ1) is 39.1. The highest BCUT2D eigenvalue weighted by molar-refractivity contribution is 5.95. The number of aromatic hydroxyl groups is 3. The predicted molar refractivity (Wildman–Crippen MR) is 220 cm³/mol. The van der Waals surface area contributed by atoms with E-state index in [4.69, 9.17) is 9.47 Å². The summed E-state index contributed by atoms with van der Waals surface area (Å²) >= 11 is 0. The number of phenolic OH excluding ortho intramolecular Hbond substituents is 3. The SMILES string of the molecule is CC1=C(c2ccc(O)cc2)[C@H](c2ccc(OCCN3CCCCC3)cc2)Oc2cc(O)ccc21.C[C@]12CC[C@@H]3c4ccc(O)cc4CC[C@H]3[C@@H]1CC[C@@H]2O.Cl. The highest BCUT2D eigenvalue weighted by Gasteiger charge is 2.54. The third kappa shape index (κ3) is 7.94. The maximum atomic E-state index is 10.4. The third-order valence-electron chi connectivity index (χ3n) is 13.4. The summed E-state index contributed by atoms with van der Waals surface area (Å²) in [5.41, 5.74) is 8.05. The molecule has 2 aliphatic heterocycles. The van der Waals surface area contributed by atoms with Gasteiger partial charge in [0.1, 0.15) is 41.5 Å². The summed E-state index contributed by atoms with van der Waals surface area (Å²) in [4.78, 5) is 2.47. The Kier molecular flexibility index (Phi) is 11.7. The number of phenols is 3. The monoisotopic (exact) mass is 765 g/mol. The molecule has 0 amide bonds. The first-order valence-electron chi connectivity index (χ1n) is 20.1. The topological polar surface area (TPSA) is 103 Å². The quantitative estimate of drug-likeness (QED) is 0.155. The second kappa shape index (κ2) is 16.5. The first-order valence-corrected chi connectivity index (χ1v) is 20.1. The average Bonchev–Trinajstić information content (AvgIpc) is 3.49. The zero-order valence-electron chi connectivity index (χ0n) is 32.1. The number of rotatable bonds is 6. The van der Waals surface area contributed by atoms with E-state index in [9.17, 15) is 20.4 Å². The van der Waals surface area contributed by atoms with Crippen LogP contribution < -0.4 is 9.47 Å². The summed E-state index contributed by atoms with van der Waals surface area (Å²) in [5, 5.41) is 39.8. The molecule has 8 heteroatoms. The number of aryl methyl sites for hydroxylation is 1. The normalized spacial score (nSPS) is 26.9. The lowest BCUT2D eigenvalue weighted by molar-refractivity contribution is -0.0226. The molecular formula is C47H56ClNO6. The molecule has 0 spiro atoms. The zero-order chi connectivity index (χ0) is 37.4. The Labute approximate surface area is 332 Å². The molecule has 4 aromatic rings. The number of fused-ring (bicyclic) bond motifs is 6. The van der Waals surface area contributed by atoms with Crippen LogP contribution in [-0.2, 0) is 6.42 Å². The number of hydrogen-bond acceptors (Lipinski definition) is 7. The molecule has 2 saturated carbocycles. The number of hydrogen-bond donors (Lipinski definition) is 4. The lowest BCUT2D eigenvalue weighted by Gasteiger charge is -2.50. The summed E-state index contributed by atoms with van der Waals surface area (Å²) in [6, 6.07) is 26.5. The summed E-state index contributed by atoms with van der Waals surface area (Å²) in [6.45, 7) is 8.38. The highest BCUT2D eigenvalue weighted by Crippen LogP contribution is 2.61. The largest absolute Gasteiger partial charge is 0.508 e. The van der Waals surface area contributed by atoms with Crippen molar-refractivity contribution in [1.82, 2.24) is 4.90 Å². The van der Waals surface area contributed by atoms with E-state index in [2.05, 4.69) is 24.8 Å². The average molecular weight is 766 g/mol. The van der Waals surface area contributed by atoms with Crippen LogP contribution in [0, 0.1) is 17.3 Å². The summed E-state index contributed by atoms with van der Waals surface area (Å²) in [5.74, 6) is 4.40. The molecule has 9 rings (SSSR count). The molecule has 55 heavy (non-hydrogen) atoms. The van der Waals surface area contributed by atoms with Gasteiger partial charge in [0.2, 0.25) is 0 Å². The molecule has 1 saturated heterocycles. The van der Waals surface area contributed by atoms with Crippen LogP contribution >= 0.6 is 12.4 Å². The molecule has 3 fully saturated rings. The van der Waals surface area contributed by atoms with Crippen molar-refractivity contribution in [2.45, 2.75) is 89.8 Å². The number of aliphatic hydroxyl groups excluding tert-OH is 1. The van der Waals surface area contributed by atoms with Crippen molar-refractivity contribution >= 4 is 23.6 Å². The Morgan fingerprint density at radius 3 is 2.27 bits per heavy atom. The van der Waals surface area contributed by atoms with Crippen molar-refractivity contribution in [3.63, 3.8) is 0 Å². The van der Waals surface area contributed by atoms with Crippen LogP contribution in [0.5, 0.6) is 28.7 Å². The minimum atomic E-state index is -0.346. The maximum Gasteiger partial charge on any atom is 0.150 e. The molecule has 0 aromatic heterocycles. The number of allylic oxidation sites excluding steroid dienone is 1. The molecule has 4 N–H and O–H groups in total. The predicted octanol–water partition coefficient (Wildman–Crippen LogP) is 10.1. The number of aliphatic hydroxyl groups is 1. The Morgan fingerprint density at radius 1 is 0.800 bits per heavy atom. The van der Waals surface area contributed by atoms with Gasteiger partial charge in [-0.1, -0.05) is 43.7 Å². The minimum absolute atomic E-state index is 0. The lowest BCUT2D eigenvalue weighted by atomic mass is 9.55. The lowest BCUT2D eigenvalue weighted by Crippen LogP contribution is -2.43. The van der Waals surface area contributed by atoms with E-state index in [1.165, 1.54) is 62.7 Å². The van der Waals surface area contributed by atoms with Crippen LogP contribution in [0.1, 0.15) is 105 Å². The highest BCUT2D eigenvalue weighted by atomic mass is 35.5. The molecular weight excluding hydrogens is 710 g/mol. The Bertz CT molecular complexity index is 1970. The molecule has 3 aliphatic carbocycles. The van der Waals surface area contributed by atoms with E-state index in [0.29, 0.717) is 29.9 Å². The summed E-state index contributed by atoms with van der Waals surface area (Å²) in [7, 11) is 0. The molecule has 2 heterocycles. The number of likely N-dealkylation sites (tertiary alicyclic amines) is 1. The third-order valence-corrected chi connectivity index (χ3v) is 13.4. The fourth-order valence-electron chi connectivity index (χ4n) is 10.4. The van der Waals surface area contributed by atoms with E-state index < -0.39 is 0 Å². The van der Waals surface area contributed by atoms with Crippen molar-refractivity contribution < 1.29 is 29.9 Å². The molecule has 5 aliphatic rings. The van der Waals surface area contributed by atoms with Crippen LogP contribution in [0.2, 0.25) is 0 Å². The molecule has 6 atom stereocenters. The Morgan fingerprint density at radius 2 is 1.51 bits per heavy atom. The summed E-state index contributed by atoms with van der Waals surface area (Å²) in [6.07, 6.45) is 10.3. The van der Waals surface area contributed by atoms with Gasteiger partial charge in [-0.2, -0.15) is 0 Å². The smallest absolute Gasteiger partial charge is 0.150 e. The van der Waals surface area contributed by atoms with Gasteiger partial charge in [-0.25, -0.2) is 0 Å². The van der Waals surface area contributed by atoms with Crippen LogP contribution in [0.4, 0.5) is 0 Å². The van der Waals surface area contributed by atoms with E-state index in [1.54, 1.807) is 24.3 Å². The maximum absolute atomic E-state index is 10.4. The van der Waals surface area contributed by atoms with Gasteiger partial charge in [0.05, 0.1) is 6.10 Å². The van der Waals surface area contributed by atoms with Crippen LogP contribution in [0.15, 0.2) is 84.9 Å². The Hall–Kier alpha value is -4.17. The van der Waals surface area contributed by atoms with E-state index in [0.717, 1.165) is 65.3 Å². The second-order valence-corrected chi connectivity index (χ2v) is 16.5. The number of nitrogens with zero attached hydrogens (tertiary/aromatic N) is 1. The van der Waals surface area contributed by atoms with Crippen molar-refractivity contribution in [1.29, 1.82) is 0 Å². The van der Waals surface area contributed by atoms with E-state index in [1.807, 2.05) is 54.6 Å². The van der Waals surface area contributed by atoms with Gasteiger partial charge in [-0.15, -0.1) is 12.4 Å². The molecule has 0 unspecified atom stereocenters. The van der Waals surface area contributed by atoms with Gasteiger partial charge in [0.25, 0.3) is 0 Å². The standard InChI is InChI=1S/C29H31NO4.C18H24O2.ClH/c1-20-26-14-11-24(32)19-27(26)34-29(28(20)21-5-9-23(31)10-6-21)22-7-12-25(13-8-22)33-18-17-30-15-3-2-4-16-30;1-18-9-8-14-13-5-3-12(19)10-11(13)2-4-15(14)16(18)6-7-17(18)20;/h5-14,19,29,31-32H,2-4,15-18H2,1H3;3,5,10,14-17,19-20H,2,4,6-9H2,1H3;1H/t29-;14-,15-,16+,17+,18+;/m01./s1. The van der Waals surface area contributed by atoms with E-state index >= 15 is 0 Å². The van der Waals surface area contributed by atoms with Crippen molar-refractivity contribution in [3.05, 3.63) is 113 Å². The van der Waals surface area contributed by atoms with Gasteiger partial charge in [0.15, 0.2) is 0 Å². The van der Waals surface area contributed by atoms with Gasteiger partial charge in [-0.05, 0) is 171 Å². The minimum Gasteiger partial charge on any atom is -0.508 e. The molecule has 292 valence electrons. The Balaban J connectivity index is 0.000000188. The number of benzene rings is 4. The molecule has 0 radical (unpaired) electrons. The number of ether oxygens (including phenoxy) is 2. The fourth-order valence-corrected chi connectivity index (χ4v) is 10.4. The van der Waals surface area contributed by atoms with Crippen molar-refractivity contribution in [2.24, 2.45) is 17.3 Å². The number of piperidine rings is 1. The van der Waals surface area contributed by atoms with Gasteiger partial charge in [0, 0.05) is 23.7 Å². The van der Waals surface area contributed by atoms with E-state index in [-0.39, 0.29) is 41.5 Å². The van der Waals surface area contributed by atoms with Crippen molar-refractivity contribution in [3.8, 4) is 28.7 Å². The molecule has 7 nitrogen and oxygen atoms in total. The summed E-state index contributed by atoms with van der Waals surface area (Å²) < 4.78 is 12.5. The van der Waals surface area contributed by atoms with Gasteiger partial charge in [-0.3, -0.25) is 4.90 Å². The fraction of sp³-hybridized carbons (Fsp3) is 0.447. The molecule has 0 bridgehead atoms. The van der Waals surface area contributed by atoms with Gasteiger partial charge >= 0.3 is 0 Å². The zero-order valence-corrected chi connectivity index (χ0v) is 32.9.